The number of allylic oxidation sites excluding steroid dienone is 2. The molecule has 27 heavy (non-hydrogen) atoms. The van der Waals surface area contributed by atoms with Gasteiger partial charge in [-0.1, -0.05) is 19.1 Å². The predicted molar refractivity (Wildman–Crippen MR) is 101 cm³/mol. The first-order valence-corrected chi connectivity index (χ1v) is 9.12. The van der Waals surface area contributed by atoms with Crippen LogP contribution in [-0.2, 0) is 14.3 Å². The third-order valence-corrected chi connectivity index (χ3v) is 7.20. The van der Waals surface area contributed by atoms with Crippen molar-refractivity contribution in [3.05, 3.63) is 48.3 Å². The van der Waals surface area contributed by atoms with Gasteiger partial charge in [0.15, 0.2) is 17.3 Å². The maximum atomic E-state index is 13.3. The van der Waals surface area contributed by atoms with Gasteiger partial charge in [0.05, 0.1) is 26.7 Å². The molecule has 0 saturated heterocycles. The number of rotatable bonds is 7. The molecule has 2 saturated carbocycles. The molecule has 5 nitrogen and oxygen atoms in total. The molecule has 1 aromatic carbocycles. The first-order valence-electron chi connectivity index (χ1n) is 9.12. The van der Waals surface area contributed by atoms with Gasteiger partial charge in [-0.3, -0.25) is 4.79 Å². The van der Waals surface area contributed by atoms with E-state index in [-0.39, 0.29) is 23.0 Å². The highest BCUT2D eigenvalue weighted by molar-refractivity contribution is 6.02. The van der Waals surface area contributed by atoms with E-state index in [4.69, 9.17) is 18.9 Å². The van der Waals surface area contributed by atoms with Crippen LogP contribution in [0.25, 0.3) is 0 Å². The predicted octanol–water partition coefficient (Wildman–Crippen LogP) is 3.50. The molecule has 0 aliphatic heterocycles. The van der Waals surface area contributed by atoms with Crippen LogP contribution in [0.15, 0.2) is 42.7 Å². The molecule has 3 aliphatic rings. The lowest BCUT2D eigenvalue weighted by Crippen LogP contribution is -2.51. The highest BCUT2D eigenvalue weighted by Gasteiger charge is 2.97. The molecule has 0 amide bonds. The third-order valence-electron chi connectivity index (χ3n) is 7.20. The van der Waals surface area contributed by atoms with E-state index in [0.717, 1.165) is 5.56 Å². The molecule has 144 valence electrons. The zero-order valence-corrected chi connectivity index (χ0v) is 16.5. The maximum absolute atomic E-state index is 13.3. The van der Waals surface area contributed by atoms with Crippen LogP contribution >= 0.6 is 0 Å². The van der Waals surface area contributed by atoms with Gasteiger partial charge in [-0.05, 0) is 24.1 Å². The highest BCUT2D eigenvalue weighted by Crippen LogP contribution is 2.92. The molecule has 0 bridgehead atoms. The Balaban J connectivity index is 1.90. The first kappa shape index (κ1) is 18.1. The normalized spacial score (nSPS) is 38.3. The number of carbonyl (C=O) groups excluding carboxylic acids is 1. The first-order chi connectivity index (χ1) is 12.9. The summed E-state index contributed by atoms with van der Waals surface area (Å²) in [6.07, 6.45) is 4.08. The average Bonchev–Trinajstić information content (AvgIpc) is 3.20. The molecule has 5 atom stereocenters. The number of ketones is 1. The van der Waals surface area contributed by atoms with Crippen molar-refractivity contribution in [2.45, 2.75) is 24.9 Å². The van der Waals surface area contributed by atoms with E-state index in [9.17, 15) is 4.79 Å². The van der Waals surface area contributed by atoms with Gasteiger partial charge in [0.25, 0.3) is 0 Å². The lowest BCUT2D eigenvalue weighted by Gasteiger charge is -2.51. The van der Waals surface area contributed by atoms with E-state index in [1.165, 1.54) is 0 Å². The van der Waals surface area contributed by atoms with Crippen LogP contribution in [0.2, 0.25) is 0 Å². The molecule has 0 heterocycles. The Morgan fingerprint density at radius 2 is 1.81 bits per heavy atom. The van der Waals surface area contributed by atoms with Crippen LogP contribution < -0.4 is 9.47 Å². The summed E-state index contributed by atoms with van der Waals surface area (Å²) < 4.78 is 22.5. The van der Waals surface area contributed by atoms with E-state index in [1.807, 2.05) is 24.3 Å². The van der Waals surface area contributed by atoms with Gasteiger partial charge in [0.1, 0.15) is 11.4 Å². The van der Waals surface area contributed by atoms with Crippen LogP contribution in [0, 0.1) is 16.7 Å². The Hall–Kier alpha value is -2.27. The second-order valence-corrected chi connectivity index (χ2v) is 7.81. The van der Waals surface area contributed by atoms with Crippen molar-refractivity contribution in [3.63, 3.8) is 0 Å². The molecule has 0 spiro atoms. The standard InChI is InChI=1S/C22H26O5/c1-7-10-21-16(23)12-17(26-5)22(27-6)19(21)20(22,2)18(21)13-8-9-14(24-3)15(11-13)25-4/h7-9,11-12,18-19H,1,10H2,2-6H3/t18-,19-,20+,21+,22-/m0/s1. The fraction of sp³-hybridized carbons (Fsp3) is 0.500. The van der Waals surface area contributed by atoms with Gasteiger partial charge in [-0.2, -0.15) is 0 Å². The molecule has 0 aromatic heterocycles. The summed E-state index contributed by atoms with van der Waals surface area (Å²) in [6.45, 7) is 6.11. The van der Waals surface area contributed by atoms with Crippen LogP contribution in [0.3, 0.4) is 0 Å². The van der Waals surface area contributed by atoms with Crippen molar-refractivity contribution in [3.8, 4) is 11.5 Å². The second-order valence-electron chi connectivity index (χ2n) is 7.81. The van der Waals surface area contributed by atoms with Crippen LogP contribution in [0.1, 0.15) is 24.8 Å². The van der Waals surface area contributed by atoms with Gasteiger partial charge >= 0.3 is 0 Å². The highest BCUT2D eigenvalue weighted by atomic mass is 16.5. The number of carbonyl (C=O) groups is 1. The van der Waals surface area contributed by atoms with Gasteiger partial charge in [-0.25, -0.2) is 0 Å². The summed E-state index contributed by atoms with van der Waals surface area (Å²) in [4.78, 5) is 13.3. The summed E-state index contributed by atoms with van der Waals surface area (Å²) in [6, 6.07) is 5.90. The van der Waals surface area contributed by atoms with Crippen LogP contribution in [0.4, 0.5) is 0 Å². The minimum atomic E-state index is -0.573. The molecule has 0 radical (unpaired) electrons. The minimum absolute atomic E-state index is 0.0239. The minimum Gasteiger partial charge on any atom is -0.498 e. The average molecular weight is 370 g/mol. The number of hydrogen-bond donors (Lipinski definition) is 0. The summed E-state index contributed by atoms with van der Waals surface area (Å²) in [5.74, 6) is 2.10. The van der Waals surface area contributed by atoms with E-state index in [2.05, 4.69) is 13.5 Å². The molecule has 0 N–H and O–H groups in total. The molecule has 2 fully saturated rings. The molecular formula is C22H26O5. The maximum Gasteiger partial charge on any atom is 0.166 e. The van der Waals surface area contributed by atoms with Crippen molar-refractivity contribution in [2.24, 2.45) is 16.7 Å². The smallest absolute Gasteiger partial charge is 0.166 e. The largest absolute Gasteiger partial charge is 0.498 e. The molecule has 4 rings (SSSR count). The zero-order valence-electron chi connectivity index (χ0n) is 16.5. The Morgan fingerprint density at radius 3 is 2.37 bits per heavy atom. The van der Waals surface area contributed by atoms with Gasteiger partial charge in [-0.15, -0.1) is 6.58 Å². The number of fused-ring (bicyclic) bond motifs is 1. The number of methoxy groups -OCH3 is 4. The van der Waals surface area contributed by atoms with E-state index in [1.54, 1.807) is 34.5 Å². The van der Waals surface area contributed by atoms with Gasteiger partial charge < -0.3 is 18.9 Å². The quantitative estimate of drug-likeness (QED) is 0.688. The molecule has 3 aliphatic carbocycles. The number of hydrogen-bond acceptors (Lipinski definition) is 5. The van der Waals surface area contributed by atoms with Gasteiger partial charge in [0, 0.05) is 30.4 Å². The van der Waals surface area contributed by atoms with E-state index >= 15 is 0 Å². The molecule has 0 unspecified atom stereocenters. The Bertz CT molecular complexity index is 858. The fourth-order valence-electron chi connectivity index (χ4n) is 6.44. The van der Waals surface area contributed by atoms with Crippen LogP contribution in [-0.4, -0.2) is 39.8 Å². The topological polar surface area (TPSA) is 54.0 Å². The third kappa shape index (κ3) is 1.72. The van der Waals surface area contributed by atoms with Crippen molar-refractivity contribution < 1.29 is 23.7 Å². The SMILES string of the molecule is C=CC[C@]12C(=O)C=C(OC)[C@]3(OC)[C@H]1[C@@]3(C)[C@@H]2c1ccc(OC)c(OC)c1. The van der Waals surface area contributed by atoms with Crippen molar-refractivity contribution in [1.82, 2.24) is 0 Å². The van der Waals surface area contributed by atoms with Crippen LogP contribution in [0.5, 0.6) is 11.5 Å². The van der Waals surface area contributed by atoms with Crippen molar-refractivity contribution in [2.75, 3.05) is 28.4 Å². The molecule has 5 heteroatoms. The number of ether oxygens (including phenoxy) is 4. The second kappa shape index (κ2) is 5.61. The molecular weight excluding hydrogens is 344 g/mol. The fourth-order valence-corrected chi connectivity index (χ4v) is 6.44. The van der Waals surface area contributed by atoms with E-state index in [0.29, 0.717) is 23.7 Å². The molecule has 1 aromatic rings. The lowest BCUT2D eigenvalue weighted by molar-refractivity contribution is -0.135. The number of benzene rings is 1. The lowest BCUT2D eigenvalue weighted by atomic mass is 9.49. The Labute approximate surface area is 159 Å². The Morgan fingerprint density at radius 1 is 1.11 bits per heavy atom. The summed E-state index contributed by atoms with van der Waals surface area (Å²) in [5.41, 5.74) is -0.311. The zero-order chi connectivity index (χ0) is 19.6. The summed E-state index contributed by atoms with van der Waals surface area (Å²) in [7, 11) is 6.54. The van der Waals surface area contributed by atoms with Crippen molar-refractivity contribution in [1.29, 1.82) is 0 Å². The van der Waals surface area contributed by atoms with Crippen molar-refractivity contribution >= 4 is 5.78 Å². The Kier molecular flexibility index (Phi) is 3.77. The van der Waals surface area contributed by atoms with Gasteiger partial charge in [0.2, 0.25) is 0 Å². The summed E-state index contributed by atoms with van der Waals surface area (Å²) in [5, 5.41) is 0. The monoisotopic (exact) mass is 370 g/mol. The summed E-state index contributed by atoms with van der Waals surface area (Å²) >= 11 is 0. The van der Waals surface area contributed by atoms with E-state index < -0.39 is 11.0 Å².